The fourth-order valence-corrected chi connectivity index (χ4v) is 2.57. The minimum atomic E-state index is -1.35. The number of H-pyrrole nitrogens is 1. The van der Waals surface area contributed by atoms with Crippen molar-refractivity contribution in [2.24, 2.45) is 0 Å². The quantitative estimate of drug-likeness (QED) is 0.472. The molecule has 18 heavy (non-hydrogen) atoms. The number of imidazole rings is 1. The van der Waals surface area contributed by atoms with Crippen molar-refractivity contribution in [3.8, 4) is 0 Å². The third kappa shape index (κ3) is 3.15. The third-order valence-corrected chi connectivity index (χ3v) is 3.62. The van der Waals surface area contributed by atoms with Gasteiger partial charge in [0.25, 0.3) is 0 Å². The molecule has 1 saturated heterocycles. The van der Waals surface area contributed by atoms with E-state index in [4.69, 9.17) is 9.84 Å². The molecule has 2 heterocycles. The molecule has 1 aromatic rings. The van der Waals surface area contributed by atoms with Crippen LogP contribution < -0.4 is 0 Å². The zero-order chi connectivity index (χ0) is 12.4. The van der Waals surface area contributed by atoms with Gasteiger partial charge in [-0.1, -0.05) is 11.8 Å². The van der Waals surface area contributed by atoms with Crippen LogP contribution in [0, 0.1) is 0 Å². The van der Waals surface area contributed by atoms with Crippen LogP contribution in [-0.2, 0) is 4.74 Å². The van der Waals surface area contributed by atoms with Gasteiger partial charge in [0.1, 0.15) is 29.9 Å². The molecule has 104 valence electrons. The number of nitrogens with zero attached hydrogens (tertiary/aromatic N) is 1. The van der Waals surface area contributed by atoms with E-state index in [2.05, 4.69) is 9.97 Å². The van der Waals surface area contributed by atoms with Crippen LogP contribution in [-0.4, -0.2) is 66.9 Å². The lowest BCUT2D eigenvalue weighted by atomic mass is 10.0. The van der Waals surface area contributed by atoms with Crippen molar-refractivity contribution in [3.63, 3.8) is 0 Å². The Morgan fingerprint density at radius 2 is 2.00 bits per heavy atom. The number of hydrogen-bond donors (Lipinski definition) is 5. The van der Waals surface area contributed by atoms with E-state index in [-0.39, 0.29) is 12.4 Å². The molecule has 7 nitrogen and oxygen atoms in total. The van der Waals surface area contributed by atoms with Crippen molar-refractivity contribution in [3.05, 3.63) is 12.4 Å². The number of thioether (sulfide) groups is 1. The maximum atomic E-state index is 9.74. The van der Waals surface area contributed by atoms with Gasteiger partial charge in [0.15, 0.2) is 5.16 Å². The molecule has 1 aliphatic heterocycles. The average molecular weight is 299 g/mol. The Balaban J connectivity index is 0.00000162. The number of aromatic nitrogens is 2. The normalized spacial score (nSPS) is 36.1. The minimum Gasteiger partial charge on any atom is -0.394 e. The number of aliphatic hydroxyl groups excluding tert-OH is 4. The third-order valence-electron chi connectivity index (χ3n) is 2.55. The van der Waals surface area contributed by atoms with Gasteiger partial charge in [-0.2, -0.15) is 0 Å². The summed E-state index contributed by atoms with van der Waals surface area (Å²) in [6.07, 6.45) is -1.65. The maximum absolute atomic E-state index is 9.74. The molecule has 1 aromatic heterocycles. The Morgan fingerprint density at radius 3 is 2.56 bits per heavy atom. The van der Waals surface area contributed by atoms with E-state index in [9.17, 15) is 15.3 Å². The van der Waals surface area contributed by atoms with E-state index < -0.39 is 36.5 Å². The molecule has 2 rings (SSSR count). The number of aromatic amines is 1. The highest BCUT2D eigenvalue weighted by Gasteiger charge is 2.44. The molecule has 0 bridgehead atoms. The number of ether oxygens (including phenoxy) is 1. The molecule has 0 aromatic carbocycles. The van der Waals surface area contributed by atoms with Crippen LogP contribution in [0.15, 0.2) is 17.6 Å². The highest BCUT2D eigenvalue weighted by atomic mass is 35.5. The molecular formula is C9H15ClN2O5S. The summed E-state index contributed by atoms with van der Waals surface area (Å²) >= 11 is 1.08. The summed E-state index contributed by atoms with van der Waals surface area (Å²) in [7, 11) is 0. The number of halogens is 1. The Labute approximate surface area is 114 Å². The fourth-order valence-electron chi connectivity index (χ4n) is 1.59. The van der Waals surface area contributed by atoms with Crippen molar-refractivity contribution >= 4 is 24.2 Å². The summed E-state index contributed by atoms with van der Waals surface area (Å²) in [5, 5.41) is 38.4. The molecule has 5 unspecified atom stereocenters. The average Bonchev–Trinajstić information content (AvgIpc) is 2.83. The van der Waals surface area contributed by atoms with Gasteiger partial charge in [0.2, 0.25) is 0 Å². The van der Waals surface area contributed by atoms with Crippen molar-refractivity contribution in [2.45, 2.75) is 35.0 Å². The molecular weight excluding hydrogens is 284 g/mol. The Bertz CT molecular complexity index is 353. The van der Waals surface area contributed by atoms with Crippen LogP contribution in [0.25, 0.3) is 0 Å². The first kappa shape index (κ1) is 15.7. The van der Waals surface area contributed by atoms with Gasteiger partial charge in [-0.15, -0.1) is 12.4 Å². The smallest absolute Gasteiger partial charge is 0.167 e. The first-order valence-electron chi connectivity index (χ1n) is 5.10. The zero-order valence-electron chi connectivity index (χ0n) is 9.21. The highest BCUT2D eigenvalue weighted by molar-refractivity contribution is 7.99. The van der Waals surface area contributed by atoms with Gasteiger partial charge in [0, 0.05) is 12.4 Å². The molecule has 5 N–H and O–H groups in total. The number of rotatable bonds is 3. The largest absolute Gasteiger partial charge is 0.394 e. The van der Waals surface area contributed by atoms with E-state index in [1.807, 2.05) is 0 Å². The van der Waals surface area contributed by atoms with Gasteiger partial charge >= 0.3 is 0 Å². The van der Waals surface area contributed by atoms with E-state index in [0.29, 0.717) is 5.16 Å². The van der Waals surface area contributed by atoms with Crippen molar-refractivity contribution in [1.29, 1.82) is 0 Å². The van der Waals surface area contributed by atoms with Crippen molar-refractivity contribution < 1.29 is 25.2 Å². The van der Waals surface area contributed by atoms with E-state index in [1.54, 1.807) is 12.4 Å². The predicted molar refractivity (Wildman–Crippen MR) is 65.5 cm³/mol. The monoisotopic (exact) mass is 298 g/mol. The summed E-state index contributed by atoms with van der Waals surface area (Å²) in [4.78, 5) is 6.77. The van der Waals surface area contributed by atoms with E-state index in [0.717, 1.165) is 11.8 Å². The van der Waals surface area contributed by atoms with Crippen LogP contribution >= 0.6 is 24.2 Å². The molecule has 0 saturated carbocycles. The number of hydrogen-bond acceptors (Lipinski definition) is 7. The van der Waals surface area contributed by atoms with Crippen LogP contribution in [0.3, 0.4) is 0 Å². The molecule has 0 aliphatic carbocycles. The molecule has 0 amide bonds. The lowest BCUT2D eigenvalue weighted by molar-refractivity contribution is -0.205. The Hall–Kier alpha value is -0.350. The summed E-state index contributed by atoms with van der Waals surface area (Å²) in [6, 6.07) is 0. The molecule has 1 aliphatic rings. The van der Waals surface area contributed by atoms with Gasteiger partial charge < -0.3 is 30.1 Å². The molecule has 0 radical (unpaired) electrons. The first-order valence-corrected chi connectivity index (χ1v) is 5.98. The van der Waals surface area contributed by atoms with Crippen molar-refractivity contribution in [1.82, 2.24) is 9.97 Å². The number of aliphatic hydroxyl groups is 4. The molecule has 9 heteroatoms. The van der Waals surface area contributed by atoms with Crippen LogP contribution in [0.4, 0.5) is 0 Å². The predicted octanol–water partition coefficient (Wildman–Crippen LogP) is -1.28. The molecule has 0 spiro atoms. The second-order valence-corrected chi connectivity index (χ2v) is 4.80. The van der Waals surface area contributed by atoms with E-state index >= 15 is 0 Å². The topological polar surface area (TPSA) is 119 Å². The van der Waals surface area contributed by atoms with Gasteiger partial charge in [0.05, 0.1) is 6.61 Å². The Morgan fingerprint density at radius 1 is 1.28 bits per heavy atom. The van der Waals surface area contributed by atoms with Gasteiger partial charge in [-0.05, 0) is 0 Å². The van der Waals surface area contributed by atoms with Gasteiger partial charge in [-0.25, -0.2) is 4.98 Å². The second kappa shape index (κ2) is 6.71. The van der Waals surface area contributed by atoms with Crippen molar-refractivity contribution in [2.75, 3.05) is 6.61 Å². The molecule has 1 fully saturated rings. The standard InChI is InChI=1S/C9H14N2O5S.ClH/c12-3-4-5(13)6(14)7(15)8(16-4)17-9-10-1-2-11-9;/h1-2,4-8,12-15H,3H2,(H,10,11);1H. The second-order valence-electron chi connectivity index (χ2n) is 3.71. The summed E-state index contributed by atoms with van der Waals surface area (Å²) in [5.41, 5.74) is -0.795. The zero-order valence-corrected chi connectivity index (χ0v) is 10.8. The summed E-state index contributed by atoms with van der Waals surface area (Å²) < 4.78 is 5.30. The fraction of sp³-hybridized carbons (Fsp3) is 0.667. The highest BCUT2D eigenvalue weighted by Crippen LogP contribution is 2.31. The summed E-state index contributed by atoms with van der Waals surface area (Å²) in [6.45, 7) is -0.430. The van der Waals surface area contributed by atoms with E-state index in [1.165, 1.54) is 0 Å². The molecule has 5 atom stereocenters. The maximum Gasteiger partial charge on any atom is 0.167 e. The van der Waals surface area contributed by atoms with Crippen LogP contribution in [0.2, 0.25) is 0 Å². The SMILES string of the molecule is Cl.OCC1OC(Sc2ncc[nH]2)C(O)C(O)C1O. The first-order chi connectivity index (χ1) is 8.13. The van der Waals surface area contributed by atoms with Crippen LogP contribution in [0.5, 0.6) is 0 Å². The summed E-state index contributed by atoms with van der Waals surface area (Å²) in [5.74, 6) is 0. The number of nitrogens with one attached hydrogen (secondary N) is 1. The lowest BCUT2D eigenvalue weighted by Gasteiger charge is -2.39. The van der Waals surface area contributed by atoms with Crippen LogP contribution in [0.1, 0.15) is 0 Å². The lowest BCUT2D eigenvalue weighted by Crippen LogP contribution is -2.57. The minimum absolute atomic E-state index is 0. The van der Waals surface area contributed by atoms with Gasteiger partial charge in [-0.3, -0.25) is 0 Å². The Kier molecular flexibility index (Phi) is 5.86.